The van der Waals surface area contributed by atoms with Crippen LogP contribution < -0.4 is 9.47 Å². The molecular formula is C13H12N2O4. The predicted octanol–water partition coefficient (Wildman–Crippen LogP) is 1.94. The molecule has 0 fully saturated rings. The van der Waals surface area contributed by atoms with Crippen LogP contribution in [0.25, 0.3) is 11.3 Å². The van der Waals surface area contributed by atoms with Crippen molar-refractivity contribution in [3.63, 3.8) is 0 Å². The molecule has 1 aliphatic heterocycles. The third kappa shape index (κ3) is 2.12. The number of hydrogen-bond donors (Lipinski definition) is 2. The van der Waals surface area contributed by atoms with E-state index in [2.05, 4.69) is 10.2 Å². The van der Waals surface area contributed by atoms with E-state index < -0.39 is 5.97 Å². The number of ether oxygens (including phenoxy) is 2. The molecule has 0 saturated carbocycles. The Labute approximate surface area is 109 Å². The van der Waals surface area contributed by atoms with Crippen LogP contribution in [0.15, 0.2) is 24.4 Å². The molecule has 19 heavy (non-hydrogen) atoms. The lowest BCUT2D eigenvalue weighted by Gasteiger charge is -2.08. The number of aromatic carboxylic acids is 1. The van der Waals surface area contributed by atoms with Gasteiger partial charge in [-0.3, -0.25) is 5.10 Å². The molecule has 0 amide bonds. The van der Waals surface area contributed by atoms with Crippen molar-refractivity contribution in [3.05, 3.63) is 30.0 Å². The Morgan fingerprint density at radius 2 is 2.05 bits per heavy atom. The maximum atomic E-state index is 11.1. The van der Waals surface area contributed by atoms with Gasteiger partial charge in [-0.25, -0.2) is 4.79 Å². The number of rotatable bonds is 2. The number of aromatic nitrogens is 2. The zero-order valence-electron chi connectivity index (χ0n) is 10.0. The van der Waals surface area contributed by atoms with Crippen LogP contribution in [0.3, 0.4) is 0 Å². The zero-order valence-corrected chi connectivity index (χ0v) is 10.0. The van der Waals surface area contributed by atoms with Gasteiger partial charge < -0.3 is 14.6 Å². The van der Waals surface area contributed by atoms with E-state index in [0.29, 0.717) is 36.0 Å². The molecule has 0 bridgehead atoms. The second-order valence-corrected chi connectivity index (χ2v) is 4.18. The minimum atomic E-state index is -1.02. The lowest BCUT2D eigenvalue weighted by Crippen LogP contribution is -1.98. The number of aromatic amines is 1. The van der Waals surface area contributed by atoms with Crippen molar-refractivity contribution in [2.45, 2.75) is 6.42 Å². The van der Waals surface area contributed by atoms with E-state index in [1.807, 2.05) is 0 Å². The van der Waals surface area contributed by atoms with E-state index in [1.54, 1.807) is 18.2 Å². The van der Waals surface area contributed by atoms with Gasteiger partial charge in [0.2, 0.25) is 0 Å². The van der Waals surface area contributed by atoms with Crippen molar-refractivity contribution < 1.29 is 19.4 Å². The number of fused-ring (bicyclic) bond motifs is 1. The van der Waals surface area contributed by atoms with Gasteiger partial charge >= 0.3 is 5.97 Å². The fourth-order valence-electron chi connectivity index (χ4n) is 1.99. The molecule has 6 nitrogen and oxygen atoms in total. The summed E-state index contributed by atoms with van der Waals surface area (Å²) < 4.78 is 11.1. The van der Waals surface area contributed by atoms with E-state index in [-0.39, 0.29) is 5.56 Å². The van der Waals surface area contributed by atoms with Gasteiger partial charge in [-0.2, -0.15) is 5.10 Å². The smallest absolute Gasteiger partial charge is 0.339 e. The average molecular weight is 260 g/mol. The quantitative estimate of drug-likeness (QED) is 0.861. The second kappa shape index (κ2) is 4.64. The van der Waals surface area contributed by atoms with E-state index in [4.69, 9.17) is 14.6 Å². The monoisotopic (exact) mass is 260 g/mol. The third-order valence-corrected chi connectivity index (χ3v) is 2.91. The average Bonchev–Trinajstić information content (AvgIpc) is 2.78. The van der Waals surface area contributed by atoms with Crippen LogP contribution >= 0.6 is 0 Å². The van der Waals surface area contributed by atoms with Gasteiger partial charge in [0.15, 0.2) is 11.5 Å². The molecule has 0 aliphatic carbocycles. The van der Waals surface area contributed by atoms with Crippen LogP contribution in [0, 0.1) is 0 Å². The first-order chi connectivity index (χ1) is 9.25. The van der Waals surface area contributed by atoms with Gasteiger partial charge in [0, 0.05) is 12.0 Å². The Bertz CT molecular complexity index is 621. The lowest BCUT2D eigenvalue weighted by molar-refractivity contribution is 0.0698. The van der Waals surface area contributed by atoms with Crippen LogP contribution in [0.1, 0.15) is 16.8 Å². The molecule has 2 N–H and O–H groups in total. The number of nitrogens with zero attached hydrogens (tertiary/aromatic N) is 1. The number of carboxylic acid groups (broad SMARTS) is 1. The minimum Gasteiger partial charge on any atom is -0.490 e. The molecular weight excluding hydrogens is 248 g/mol. The number of carbonyl (C=O) groups is 1. The molecule has 0 unspecified atom stereocenters. The van der Waals surface area contributed by atoms with Crippen LogP contribution in [-0.4, -0.2) is 34.5 Å². The van der Waals surface area contributed by atoms with E-state index in [0.717, 1.165) is 6.42 Å². The van der Waals surface area contributed by atoms with Gasteiger partial charge in [-0.15, -0.1) is 0 Å². The Morgan fingerprint density at radius 1 is 1.26 bits per heavy atom. The summed E-state index contributed by atoms with van der Waals surface area (Å²) in [5, 5.41) is 15.6. The summed E-state index contributed by atoms with van der Waals surface area (Å²) in [5.74, 6) is 0.287. The summed E-state index contributed by atoms with van der Waals surface area (Å²) in [6.07, 6.45) is 2.12. The first-order valence-electron chi connectivity index (χ1n) is 5.92. The second-order valence-electron chi connectivity index (χ2n) is 4.18. The summed E-state index contributed by atoms with van der Waals surface area (Å²) in [6, 6.07) is 5.33. The highest BCUT2D eigenvalue weighted by molar-refractivity contribution is 5.94. The molecule has 6 heteroatoms. The normalized spacial score (nSPS) is 13.9. The van der Waals surface area contributed by atoms with E-state index in [9.17, 15) is 4.79 Å². The maximum absolute atomic E-state index is 11.1. The van der Waals surface area contributed by atoms with Gasteiger partial charge in [0.05, 0.1) is 25.1 Å². The topological polar surface area (TPSA) is 84.4 Å². The summed E-state index contributed by atoms with van der Waals surface area (Å²) in [5.41, 5.74) is 1.30. The number of H-pyrrole nitrogens is 1. The fraction of sp³-hybridized carbons (Fsp3) is 0.231. The molecule has 0 atom stereocenters. The lowest BCUT2D eigenvalue weighted by atomic mass is 10.1. The first-order valence-corrected chi connectivity index (χ1v) is 5.92. The molecule has 0 radical (unpaired) electrons. The van der Waals surface area contributed by atoms with Gasteiger partial charge in [-0.1, -0.05) is 0 Å². The van der Waals surface area contributed by atoms with Crippen molar-refractivity contribution in [2.24, 2.45) is 0 Å². The number of hydrogen-bond acceptors (Lipinski definition) is 4. The highest BCUT2D eigenvalue weighted by Gasteiger charge is 2.17. The molecule has 2 heterocycles. The van der Waals surface area contributed by atoms with Crippen molar-refractivity contribution in [1.82, 2.24) is 10.2 Å². The van der Waals surface area contributed by atoms with Crippen molar-refractivity contribution in [1.29, 1.82) is 0 Å². The molecule has 98 valence electrons. The fourth-order valence-corrected chi connectivity index (χ4v) is 1.99. The number of carboxylic acids is 1. The van der Waals surface area contributed by atoms with Crippen molar-refractivity contribution in [3.8, 4) is 22.8 Å². The minimum absolute atomic E-state index is 0.134. The van der Waals surface area contributed by atoms with Crippen LogP contribution in [0.2, 0.25) is 0 Å². The van der Waals surface area contributed by atoms with Gasteiger partial charge in [0.25, 0.3) is 0 Å². The molecule has 0 spiro atoms. The molecule has 2 aromatic rings. The van der Waals surface area contributed by atoms with Crippen LogP contribution in [-0.2, 0) is 0 Å². The summed E-state index contributed by atoms with van der Waals surface area (Å²) >= 11 is 0. The zero-order chi connectivity index (χ0) is 13.2. The highest BCUT2D eigenvalue weighted by atomic mass is 16.5. The molecule has 1 aromatic carbocycles. The Balaban J connectivity index is 2.04. The first kappa shape index (κ1) is 11.6. The molecule has 1 aromatic heterocycles. The summed E-state index contributed by atoms with van der Waals surface area (Å²) in [4.78, 5) is 11.1. The van der Waals surface area contributed by atoms with Gasteiger partial charge in [0.1, 0.15) is 5.56 Å². The Hall–Kier alpha value is -2.50. The van der Waals surface area contributed by atoms with E-state index >= 15 is 0 Å². The molecule has 3 rings (SSSR count). The summed E-state index contributed by atoms with van der Waals surface area (Å²) in [6.45, 7) is 1.21. The third-order valence-electron chi connectivity index (χ3n) is 2.91. The van der Waals surface area contributed by atoms with Gasteiger partial charge in [-0.05, 0) is 18.2 Å². The van der Waals surface area contributed by atoms with Crippen LogP contribution in [0.5, 0.6) is 11.5 Å². The molecule has 1 aliphatic rings. The number of nitrogens with one attached hydrogen (secondary N) is 1. The number of benzene rings is 1. The largest absolute Gasteiger partial charge is 0.490 e. The highest BCUT2D eigenvalue weighted by Crippen LogP contribution is 2.34. The Kier molecular flexibility index (Phi) is 2.83. The molecule has 0 saturated heterocycles. The van der Waals surface area contributed by atoms with Crippen molar-refractivity contribution in [2.75, 3.05) is 13.2 Å². The SMILES string of the molecule is O=C(O)c1cn[nH]c1-c1ccc2c(c1)OCCCO2. The standard InChI is InChI=1S/C13H12N2O4/c16-13(17)9-7-14-15-12(9)8-2-3-10-11(6-8)19-5-1-4-18-10/h2-3,6-7H,1,4-5H2,(H,14,15)(H,16,17). The predicted molar refractivity (Wildman–Crippen MR) is 66.6 cm³/mol. The van der Waals surface area contributed by atoms with Crippen LogP contribution in [0.4, 0.5) is 0 Å². The van der Waals surface area contributed by atoms with Crippen molar-refractivity contribution >= 4 is 5.97 Å². The summed E-state index contributed by atoms with van der Waals surface area (Å²) in [7, 11) is 0. The Morgan fingerprint density at radius 3 is 2.84 bits per heavy atom. The van der Waals surface area contributed by atoms with E-state index in [1.165, 1.54) is 6.20 Å². The maximum Gasteiger partial charge on any atom is 0.339 e.